The van der Waals surface area contributed by atoms with Gasteiger partial charge in [0.2, 0.25) is 0 Å². The molecule has 2 aromatic carbocycles. The molecule has 1 atom stereocenters. The molecule has 0 spiro atoms. The molecule has 0 saturated heterocycles. The van der Waals surface area contributed by atoms with Crippen LogP contribution in [0.2, 0.25) is 0 Å². The summed E-state index contributed by atoms with van der Waals surface area (Å²) in [6, 6.07) is 13.3. The monoisotopic (exact) mass is 258 g/mol. The maximum absolute atomic E-state index is 11.2. The first-order valence-corrected chi connectivity index (χ1v) is 5.86. The van der Waals surface area contributed by atoms with Crippen LogP contribution in [0.15, 0.2) is 48.5 Å². The van der Waals surface area contributed by atoms with Crippen LogP contribution in [0.1, 0.15) is 28.9 Å². The minimum Gasteiger partial charge on any atom is -0.508 e. The number of rotatable bonds is 4. The van der Waals surface area contributed by atoms with E-state index in [1.807, 2.05) is 18.2 Å². The minimum atomic E-state index is -1.04. The molecule has 2 aromatic rings. The van der Waals surface area contributed by atoms with Crippen molar-refractivity contribution in [2.75, 3.05) is 0 Å². The van der Waals surface area contributed by atoms with Gasteiger partial charge in [-0.25, -0.2) is 4.79 Å². The van der Waals surface area contributed by atoms with Crippen molar-refractivity contribution in [1.82, 2.24) is 0 Å². The van der Waals surface area contributed by atoms with Gasteiger partial charge in [0.05, 0.1) is 5.56 Å². The van der Waals surface area contributed by atoms with E-state index in [2.05, 4.69) is 0 Å². The van der Waals surface area contributed by atoms with Crippen LogP contribution in [0, 0.1) is 0 Å². The van der Waals surface area contributed by atoms with Gasteiger partial charge in [0.15, 0.2) is 0 Å². The van der Waals surface area contributed by atoms with Gasteiger partial charge in [-0.1, -0.05) is 18.2 Å². The normalized spacial score (nSPS) is 11.8. The molecule has 2 rings (SSSR count). The average Bonchev–Trinajstić information content (AvgIpc) is 2.39. The van der Waals surface area contributed by atoms with Crippen LogP contribution < -0.4 is 4.74 Å². The third-order valence-electron chi connectivity index (χ3n) is 2.76. The van der Waals surface area contributed by atoms with Crippen LogP contribution in [0.3, 0.4) is 0 Å². The highest BCUT2D eigenvalue weighted by Gasteiger charge is 2.17. The van der Waals surface area contributed by atoms with Gasteiger partial charge >= 0.3 is 5.97 Å². The standard InChI is InChI=1S/C15H14O4/c1-10(19-12-5-3-2-4-6-12)14-9-11(16)7-8-13(14)15(17)18/h2-10,16H,1H3,(H,17,18). The Kier molecular flexibility index (Phi) is 3.71. The molecule has 0 aromatic heterocycles. The first-order valence-electron chi connectivity index (χ1n) is 5.86. The molecule has 0 aliphatic heterocycles. The molecule has 0 bridgehead atoms. The Morgan fingerprint density at radius 2 is 1.84 bits per heavy atom. The number of hydrogen-bond donors (Lipinski definition) is 2. The van der Waals surface area contributed by atoms with E-state index in [1.165, 1.54) is 18.2 Å². The second-order valence-electron chi connectivity index (χ2n) is 4.15. The van der Waals surface area contributed by atoms with Crippen molar-refractivity contribution < 1.29 is 19.7 Å². The molecule has 19 heavy (non-hydrogen) atoms. The molecule has 0 aliphatic rings. The Labute approximate surface area is 110 Å². The Morgan fingerprint density at radius 3 is 2.47 bits per heavy atom. The summed E-state index contributed by atoms with van der Waals surface area (Å²) in [5.41, 5.74) is 0.567. The maximum Gasteiger partial charge on any atom is 0.336 e. The predicted octanol–water partition coefficient (Wildman–Crippen LogP) is 3.23. The van der Waals surface area contributed by atoms with Crippen molar-refractivity contribution in [2.24, 2.45) is 0 Å². The number of aromatic carboxylic acids is 1. The predicted molar refractivity (Wildman–Crippen MR) is 70.6 cm³/mol. The minimum absolute atomic E-state index is 0.0171. The summed E-state index contributed by atoms with van der Waals surface area (Å²) >= 11 is 0. The van der Waals surface area contributed by atoms with Crippen LogP contribution in [0.25, 0.3) is 0 Å². The zero-order valence-electron chi connectivity index (χ0n) is 10.4. The number of carbonyl (C=O) groups is 1. The van der Waals surface area contributed by atoms with E-state index in [4.69, 9.17) is 9.84 Å². The number of para-hydroxylation sites is 1. The SMILES string of the molecule is CC(Oc1ccccc1)c1cc(O)ccc1C(=O)O. The number of phenolic OH excluding ortho intramolecular Hbond substituents is 1. The highest BCUT2D eigenvalue weighted by Crippen LogP contribution is 2.27. The van der Waals surface area contributed by atoms with Crippen molar-refractivity contribution in [3.63, 3.8) is 0 Å². The molecule has 4 heteroatoms. The molecule has 0 fully saturated rings. The van der Waals surface area contributed by atoms with E-state index in [9.17, 15) is 9.90 Å². The first kappa shape index (κ1) is 13.0. The molecule has 1 unspecified atom stereocenters. The van der Waals surface area contributed by atoms with E-state index in [1.54, 1.807) is 19.1 Å². The van der Waals surface area contributed by atoms with Crippen molar-refractivity contribution >= 4 is 5.97 Å². The second-order valence-corrected chi connectivity index (χ2v) is 4.15. The lowest BCUT2D eigenvalue weighted by molar-refractivity contribution is 0.0691. The van der Waals surface area contributed by atoms with Crippen LogP contribution in [-0.4, -0.2) is 16.2 Å². The van der Waals surface area contributed by atoms with Crippen molar-refractivity contribution in [3.8, 4) is 11.5 Å². The van der Waals surface area contributed by atoms with Crippen LogP contribution in [-0.2, 0) is 0 Å². The molecule has 0 amide bonds. The Hall–Kier alpha value is -2.49. The average molecular weight is 258 g/mol. The van der Waals surface area contributed by atoms with Crippen LogP contribution in [0.5, 0.6) is 11.5 Å². The smallest absolute Gasteiger partial charge is 0.336 e. The first-order chi connectivity index (χ1) is 9.08. The van der Waals surface area contributed by atoms with Gasteiger partial charge < -0.3 is 14.9 Å². The molecule has 2 N–H and O–H groups in total. The molecule has 0 saturated carbocycles. The number of benzene rings is 2. The fourth-order valence-corrected chi connectivity index (χ4v) is 1.85. The van der Waals surface area contributed by atoms with E-state index >= 15 is 0 Å². The van der Waals surface area contributed by atoms with Gasteiger partial charge in [0.1, 0.15) is 17.6 Å². The number of aromatic hydroxyl groups is 1. The lowest BCUT2D eigenvalue weighted by atomic mass is 10.0. The van der Waals surface area contributed by atoms with E-state index in [0.29, 0.717) is 11.3 Å². The molecule has 0 aliphatic carbocycles. The molecular weight excluding hydrogens is 244 g/mol. The van der Waals surface area contributed by atoms with E-state index < -0.39 is 12.1 Å². The lowest BCUT2D eigenvalue weighted by Crippen LogP contribution is -2.10. The number of carboxylic acids is 1. The van der Waals surface area contributed by atoms with Gasteiger partial charge in [-0.15, -0.1) is 0 Å². The van der Waals surface area contributed by atoms with E-state index in [-0.39, 0.29) is 11.3 Å². The second kappa shape index (κ2) is 5.44. The molecule has 0 heterocycles. The van der Waals surface area contributed by atoms with Crippen molar-refractivity contribution in [1.29, 1.82) is 0 Å². The molecular formula is C15H14O4. The van der Waals surface area contributed by atoms with Crippen LogP contribution >= 0.6 is 0 Å². The highest BCUT2D eigenvalue weighted by atomic mass is 16.5. The van der Waals surface area contributed by atoms with Crippen molar-refractivity contribution in [2.45, 2.75) is 13.0 Å². The summed E-state index contributed by atoms with van der Waals surface area (Å²) in [5.74, 6) is -0.378. The third-order valence-corrected chi connectivity index (χ3v) is 2.76. The summed E-state index contributed by atoms with van der Waals surface area (Å²) in [6.07, 6.45) is -0.472. The van der Waals surface area contributed by atoms with Crippen LogP contribution in [0.4, 0.5) is 0 Å². The number of carboxylic acid groups (broad SMARTS) is 1. The topological polar surface area (TPSA) is 66.8 Å². The van der Waals surface area contributed by atoms with Gasteiger partial charge in [-0.3, -0.25) is 0 Å². The van der Waals surface area contributed by atoms with Gasteiger partial charge in [-0.05, 0) is 37.3 Å². The van der Waals surface area contributed by atoms with Gasteiger partial charge in [0.25, 0.3) is 0 Å². The number of hydrogen-bond acceptors (Lipinski definition) is 3. The summed E-state index contributed by atoms with van der Waals surface area (Å²) in [7, 11) is 0. The summed E-state index contributed by atoms with van der Waals surface area (Å²) in [5, 5.41) is 18.6. The van der Waals surface area contributed by atoms with Crippen molar-refractivity contribution in [3.05, 3.63) is 59.7 Å². The zero-order chi connectivity index (χ0) is 13.8. The van der Waals surface area contributed by atoms with E-state index in [0.717, 1.165) is 0 Å². The van der Waals surface area contributed by atoms with Gasteiger partial charge in [-0.2, -0.15) is 0 Å². The lowest BCUT2D eigenvalue weighted by Gasteiger charge is -2.17. The zero-order valence-corrected chi connectivity index (χ0v) is 10.4. The summed E-state index contributed by atoms with van der Waals surface area (Å²) in [6.45, 7) is 1.74. The summed E-state index contributed by atoms with van der Waals surface area (Å²) in [4.78, 5) is 11.2. The Balaban J connectivity index is 2.30. The quantitative estimate of drug-likeness (QED) is 0.883. The molecule has 0 radical (unpaired) electrons. The fraction of sp³-hybridized carbons (Fsp3) is 0.133. The number of ether oxygens (including phenoxy) is 1. The summed E-state index contributed by atoms with van der Waals surface area (Å²) < 4.78 is 5.67. The Bertz CT molecular complexity index is 578. The third kappa shape index (κ3) is 3.04. The molecule has 4 nitrogen and oxygen atoms in total. The molecule has 98 valence electrons. The maximum atomic E-state index is 11.2. The fourth-order valence-electron chi connectivity index (χ4n) is 1.85. The number of phenols is 1. The largest absolute Gasteiger partial charge is 0.508 e. The Morgan fingerprint density at radius 1 is 1.16 bits per heavy atom. The van der Waals surface area contributed by atoms with Gasteiger partial charge in [0, 0.05) is 5.56 Å². The highest BCUT2D eigenvalue weighted by molar-refractivity contribution is 5.89.